The summed E-state index contributed by atoms with van der Waals surface area (Å²) in [5.74, 6) is 0.838. The highest BCUT2D eigenvalue weighted by Crippen LogP contribution is 2.24. The summed E-state index contributed by atoms with van der Waals surface area (Å²) in [6.07, 6.45) is 2.18. The summed E-state index contributed by atoms with van der Waals surface area (Å²) in [6.45, 7) is 6.74. The largest absolute Gasteiger partial charge is 0.496 e. The third-order valence-electron chi connectivity index (χ3n) is 3.87. The monoisotopic (exact) mass is 277 g/mol. The van der Waals surface area contributed by atoms with Crippen LogP contribution in [0.25, 0.3) is 0 Å². The molecule has 1 heterocycles. The minimum Gasteiger partial charge on any atom is -0.496 e. The first kappa shape index (κ1) is 15.0. The predicted molar refractivity (Wildman–Crippen MR) is 78.3 cm³/mol. The zero-order chi connectivity index (χ0) is 14.5. The second-order valence-electron chi connectivity index (χ2n) is 5.32. The van der Waals surface area contributed by atoms with Crippen LogP contribution in [0.3, 0.4) is 0 Å². The molecule has 1 aromatic carbocycles. The van der Waals surface area contributed by atoms with E-state index in [1.54, 1.807) is 13.2 Å². The highest BCUT2D eigenvalue weighted by molar-refractivity contribution is 5.75. The Morgan fingerprint density at radius 1 is 1.50 bits per heavy atom. The number of carbonyl (C=O) groups is 1. The second kappa shape index (κ2) is 6.86. The molecule has 0 radical (unpaired) electrons. The van der Waals surface area contributed by atoms with Gasteiger partial charge in [-0.3, -0.25) is 9.69 Å². The Balaban J connectivity index is 2.20. The fourth-order valence-corrected chi connectivity index (χ4v) is 2.70. The Bertz CT molecular complexity index is 461. The van der Waals surface area contributed by atoms with E-state index in [2.05, 4.69) is 18.7 Å². The summed E-state index contributed by atoms with van der Waals surface area (Å²) in [7, 11) is 1.67. The number of hydrogen-bond donors (Lipinski definition) is 0. The molecule has 1 aromatic rings. The fourth-order valence-electron chi connectivity index (χ4n) is 2.70. The molecule has 2 unspecified atom stereocenters. The third-order valence-corrected chi connectivity index (χ3v) is 3.87. The molecule has 2 atom stereocenters. The number of carbonyl (C=O) groups excluding carboxylic acids is 1. The lowest BCUT2D eigenvalue weighted by molar-refractivity contribution is -0.0593. The van der Waals surface area contributed by atoms with Gasteiger partial charge in [-0.2, -0.15) is 0 Å². The standard InChI is InChI=1S/C16H23NO3/c1-4-15-11-20-12(2)8-17(15)9-14-7-13(10-18)5-6-16(14)19-3/h5-7,10,12,15H,4,8-9,11H2,1-3H3. The number of ether oxygens (including phenoxy) is 2. The van der Waals surface area contributed by atoms with Crippen LogP contribution in [0.15, 0.2) is 18.2 Å². The molecule has 4 heteroatoms. The van der Waals surface area contributed by atoms with Crippen LogP contribution < -0.4 is 4.74 Å². The number of benzene rings is 1. The quantitative estimate of drug-likeness (QED) is 0.775. The van der Waals surface area contributed by atoms with Gasteiger partial charge in [0.15, 0.2) is 0 Å². The highest BCUT2D eigenvalue weighted by atomic mass is 16.5. The molecule has 2 rings (SSSR count). The van der Waals surface area contributed by atoms with Crippen LogP contribution in [0.1, 0.15) is 36.2 Å². The normalized spacial score (nSPS) is 23.6. The van der Waals surface area contributed by atoms with Crippen molar-refractivity contribution >= 4 is 6.29 Å². The molecule has 0 bridgehead atoms. The molecular formula is C16H23NO3. The van der Waals surface area contributed by atoms with E-state index in [9.17, 15) is 4.79 Å². The summed E-state index contributed by atoms with van der Waals surface area (Å²) in [5.41, 5.74) is 1.75. The maximum absolute atomic E-state index is 10.9. The zero-order valence-electron chi connectivity index (χ0n) is 12.5. The average Bonchev–Trinajstić information content (AvgIpc) is 2.47. The Morgan fingerprint density at radius 3 is 2.95 bits per heavy atom. The van der Waals surface area contributed by atoms with E-state index in [-0.39, 0.29) is 6.10 Å². The first-order valence-electron chi connectivity index (χ1n) is 7.15. The average molecular weight is 277 g/mol. The molecule has 20 heavy (non-hydrogen) atoms. The van der Waals surface area contributed by atoms with Crippen molar-refractivity contribution in [2.45, 2.75) is 39.0 Å². The van der Waals surface area contributed by atoms with Crippen molar-refractivity contribution in [2.75, 3.05) is 20.3 Å². The maximum atomic E-state index is 10.9. The number of hydrogen-bond acceptors (Lipinski definition) is 4. The lowest BCUT2D eigenvalue weighted by Gasteiger charge is -2.38. The first-order chi connectivity index (χ1) is 9.67. The van der Waals surface area contributed by atoms with Crippen molar-refractivity contribution in [1.29, 1.82) is 0 Å². The van der Waals surface area contributed by atoms with E-state index < -0.39 is 0 Å². The maximum Gasteiger partial charge on any atom is 0.150 e. The fraction of sp³-hybridized carbons (Fsp3) is 0.562. The number of morpholine rings is 1. The molecule has 0 saturated carbocycles. The molecule has 4 nitrogen and oxygen atoms in total. The van der Waals surface area contributed by atoms with Gasteiger partial charge in [0.2, 0.25) is 0 Å². The molecule has 110 valence electrons. The van der Waals surface area contributed by atoms with E-state index in [1.807, 2.05) is 12.1 Å². The molecule has 1 aliphatic rings. The predicted octanol–water partition coefficient (Wildman–Crippen LogP) is 2.51. The van der Waals surface area contributed by atoms with Gasteiger partial charge in [0.1, 0.15) is 12.0 Å². The van der Waals surface area contributed by atoms with Crippen LogP contribution in [0.2, 0.25) is 0 Å². The molecule has 1 saturated heterocycles. The topological polar surface area (TPSA) is 38.8 Å². The summed E-state index contributed by atoms with van der Waals surface area (Å²) in [5, 5.41) is 0. The lowest BCUT2D eigenvalue weighted by Crippen LogP contribution is -2.47. The van der Waals surface area contributed by atoms with Crippen LogP contribution in [0.4, 0.5) is 0 Å². The first-order valence-corrected chi connectivity index (χ1v) is 7.15. The van der Waals surface area contributed by atoms with Gasteiger partial charge in [-0.05, 0) is 31.5 Å². The van der Waals surface area contributed by atoms with E-state index in [0.29, 0.717) is 11.6 Å². The van der Waals surface area contributed by atoms with E-state index in [4.69, 9.17) is 9.47 Å². The SMILES string of the molecule is CCC1COC(C)CN1Cc1cc(C=O)ccc1OC. The highest BCUT2D eigenvalue weighted by Gasteiger charge is 2.26. The molecule has 0 spiro atoms. The van der Waals surface area contributed by atoms with Crippen molar-refractivity contribution < 1.29 is 14.3 Å². The van der Waals surface area contributed by atoms with Crippen LogP contribution >= 0.6 is 0 Å². The summed E-state index contributed by atoms with van der Waals surface area (Å²) >= 11 is 0. The van der Waals surface area contributed by atoms with Gasteiger partial charge in [0.05, 0.1) is 19.8 Å². The van der Waals surface area contributed by atoms with Gasteiger partial charge >= 0.3 is 0 Å². The zero-order valence-corrected chi connectivity index (χ0v) is 12.5. The minimum atomic E-state index is 0.248. The molecule has 0 N–H and O–H groups in total. The Labute approximate surface area is 120 Å². The van der Waals surface area contributed by atoms with Gasteiger partial charge < -0.3 is 9.47 Å². The number of rotatable bonds is 5. The molecule has 1 fully saturated rings. The van der Waals surface area contributed by atoms with Crippen molar-refractivity contribution in [3.8, 4) is 5.75 Å². The lowest BCUT2D eigenvalue weighted by atomic mass is 10.1. The Hall–Kier alpha value is -1.39. The van der Waals surface area contributed by atoms with Crippen LogP contribution in [-0.4, -0.2) is 43.6 Å². The number of aldehydes is 1. The molecule has 0 aliphatic carbocycles. The molecule has 1 aliphatic heterocycles. The number of nitrogens with zero attached hydrogens (tertiary/aromatic N) is 1. The van der Waals surface area contributed by atoms with Gasteiger partial charge in [0, 0.05) is 30.3 Å². The van der Waals surface area contributed by atoms with Crippen LogP contribution in [-0.2, 0) is 11.3 Å². The van der Waals surface area contributed by atoms with Crippen molar-refractivity contribution in [3.63, 3.8) is 0 Å². The van der Waals surface area contributed by atoms with E-state index in [0.717, 1.165) is 43.7 Å². The summed E-state index contributed by atoms with van der Waals surface area (Å²) in [6, 6.07) is 5.99. The minimum absolute atomic E-state index is 0.248. The van der Waals surface area contributed by atoms with E-state index in [1.165, 1.54) is 0 Å². The third kappa shape index (κ3) is 3.38. The van der Waals surface area contributed by atoms with Gasteiger partial charge in [0.25, 0.3) is 0 Å². The Morgan fingerprint density at radius 2 is 2.30 bits per heavy atom. The second-order valence-corrected chi connectivity index (χ2v) is 5.32. The van der Waals surface area contributed by atoms with Gasteiger partial charge in [-0.1, -0.05) is 6.92 Å². The van der Waals surface area contributed by atoms with E-state index >= 15 is 0 Å². The molecular weight excluding hydrogens is 254 g/mol. The summed E-state index contributed by atoms with van der Waals surface area (Å²) in [4.78, 5) is 13.4. The van der Waals surface area contributed by atoms with Crippen molar-refractivity contribution in [1.82, 2.24) is 4.90 Å². The molecule has 0 amide bonds. The number of methoxy groups -OCH3 is 1. The molecule has 0 aromatic heterocycles. The van der Waals surface area contributed by atoms with Crippen molar-refractivity contribution in [3.05, 3.63) is 29.3 Å². The van der Waals surface area contributed by atoms with Gasteiger partial charge in [-0.25, -0.2) is 0 Å². The van der Waals surface area contributed by atoms with Crippen LogP contribution in [0.5, 0.6) is 5.75 Å². The Kier molecular flexibility index (Phi) is 5.15. The smallest absolute Gasteiger partial charge is 0.150 e. The van der Waals surface area contributed by atoms with Gasteiger partial charge in [-0.15, -0.1) is 0 Å². The van der Waals surface area contributed by atoms with Crippen molar-refractivity contribution in [2.24, 2.45) is 0 Å². The van der Waals surface area contributed by atoms with Crippen LogP contribution in [0, 0.1) is 0 Å². The summed E-state index contributed by atoms with van der Waals surface area (Å²) < 4.78 is 11.1.